The second-order valence-electron chi connectivity index (χ2n) is 1.85. The molecule has 7 heteroatoms. The Bertz CT molecular complexity index is 308. The number of rotatable bonds is 2. The largest absolute Gasteiger partial charge is 1.00 e. The number of carboxylic acids is 2. The van der Waals surface area contributed by atoms with Crippen molar-refractivity contribution in [3.8, 4) is 0 Å². The fourth-order valence-corrected chi connectivity index (χ4v) is 0.644. The van der Waals surface area contributed by atoms with Crippen molar-refractivity contribution in [1.29, 1.82) is 0 Å². The van der Waals surface area contributed by atoms with Crippen molar-refractivity contribution in [1.82, 2.24) is 9.97 Å². The number of carbonyl (C=O) groups is 2. The van der Waals surface area contributed by atoms with Crippen LogP contribution in [0, 0.1) is 0 Å². The molecule has 0 saturated carbocycles. The minimum absolute atomic E-state index is 0. The normalized spacial score (nSPS) is 8.62. The number of carboxylic acid groups (broad SMARTS) is 2. The van der Waals surface area contributed by atoms with Gasteiger partial charge in [-0.05, 0) is 0 Å². The van der Waals surface area contributed by atoms with E-state index in [4.69, 9.17) is 5.11 Å². The molecular formula is C6H3KN2O4. The van der Waals surface area contributed by atoms with Gasteiger partial charge in [-0.2, -0.15) is 0 Å². The Balaban J connectivity index is 0.00000144. The fourth-order valence-electron chi connectivity index (χ4n) is 0.644. The van der Waals surface area contributed by atoms with E-state index >= 15 is 0 Å². The van der Waals surface area contributed by atoms with E-state index in [0.29, 0.717) is 0 Å². The van der Waals surface area contributed by atoms with Crippen molar-refractivity contribution < 1.29 is 71.2 Å². The summed E-state index contributed by atoms with van der Waals surface area (Å²) in [5, 5.41) is 18.7. The van der Waals surface area contributed by atoms with Crippen molar-refractivity contribution in [2.24, 2.45) is 0 Å². The van der Waals surface area contributed by atoms with E-state index in [1.165, 1.54) is 0 Å². The monoisotopic (exact) mass is 206 g/mol. The van der Waals surface area contributed by atoms with Gasteiger partial charge >= 0.3 is 57.4 Å². The predicted molar refractivity (Wildman–Crippen MR) is 33.3 cm³/mol. The number of nitrogens with zero attached hydrogens (tertiary/aromatic N) is 2. The summed E-state index contributed by atoms with van der Waals surface area (Å²) >= 11 is 0. The second kappa shape index (κ2) is 5.40. The first-order chi connectivity index (χ1) is 5.63. The van der Waals surface area contributed by atoms with E-state index in [2.05, 4.69) is 9.97 Å². The topological polar surface area (TPSA) is 103 Å². The van der Waals surface area contributed by atoms with Gasteiger partial charge < -0.3 is 15.0 Å². The summed E-state index contributed by atoms with van der Waals surface area (Å²) in [6.07, 6.45) is 2.17. The van der Waals surface area contributed by atoms with Crippen LogP contribution in [0.15, 0.2) is 12.4 Å². The summed E-state index contributed by atoms with van der Waals surface area (Å²) < 4.78 is 0. The Morgan fingerprint density at radius 1 is 1.23 bits per heavy atom. The van der Waals surface area contributed by atoms with Gasteiger partial charge in [0.2, 0.25) is 0 Å². The predicted octanol–water partition coefficient (Wildman–Crippen LogP) is -4.46. The van der Waals surface area contributed by atoms with E-state index in [-0.39, 0.29) is 51.4 Å². The van der Waals surface area contributed by atoms with Crippen LogP contribution >= 0.6 is 0 Å². The maximum absolute atomic E-state index is 10.3. The van der Waals surface area contributed by atoms with Gasteiger partial charge in [0, 0.05) is 12.4 Å². The Hall–Kier alpha value is -0.344. The number of aromatic carboxylic acids is 2. The zero-order chi connectivity index (χ0) is 9.14. The third-order valence-electron chi connectivity index (χ3n) is 1.09. The van der Waals surface area contributed by atoms with Crippen LogP contribution < -0.4 is 56.5 Å². The van der Waals surface area contributed by atoms with Crippen molar-refractivity contribution in [3.05, 3.63) is 23.8 Å². The third kappa shape index (κ3) is 3.12. The molecule has 0 atom stereocenters. The molecule has 0 spiro atoms. The molecule has 1 aromatic rings. The molecule has 0 saturated heterocycles. The van der Waals surface area contributed by atoms with Crippen LogP contribution in [0.3, 0.4) is 0 Å². The molecule has 1 N–H and O–H groups in total. The first-order valence-corrected chi connectivity index (χ1v) is 2.88. The molecule has 62 valence electrons. The molecule has 0 aliphatic carbocycles. The summed E-state index contributed by atoms with van der Waals surface area (Å²) in [5.74, 6) is -3.09. The second-order valence-corrected chi connectivity index (χ2v) is 1.85. The number of aromatic nitrogens is 2. The van der Waals surface area contributed by atoms with Gasteiger partial charge in [-0.3, -0.25) is 4.98 Å². The minimum Gasteiger partial charge on any atom is -0.543 e. The Morgan fingerprint density at radius 3 is 2.00 bits per heavy atom. The van der Waals surface area contributed by atoms with Crippen LogP contribution in [0.1, 0.15) is 21.0 Å². The van der Waals surface area contributed by atoms with Crippen molar-refractivity contribution in [3.63, 3.8) is 0 Å². The number of hydrogen-bond acceptors (Lipinski definition) is 5. The molecule has 0 radical (unpaired) electrons. The van der Waals surface area contributed by atoms with Gasteiger partial charge in [0.1, 0.15) is 5.69 Å². The van der Waals surface area contributed by atoms with Crippen LogP contribution in [0.25, 0.3) is 0 Å². The average molecular weight is 206 g/mol. The zero-order valence-electron chi connectivity index (χ0n) is 6.72. The van der Waals surface area contributed by atoms with E-state index in [9.17, 15) is 14.7 Å². The molecule has 0 bridgehead atoms. The van der Waals surface area contributed by atoms with Crippen LogP contribution in [0.5, 0.6) is 0 Å². The van der Waals surface area contributed by atoms with Crippen molar-refractivity contribution in [2.45, 2.75) is 0 Å². The van der Waals surface area contributed by atoms with Gasteiger partial charge in [-0.1, -0.05) is 0 Å². The zero-order valence-corrected chi connectivity index (χ0v) is 9.84. The summed E-state index contributed by atoms with van der Waals surface area (Å²) in [7, 11) is 0. The van der Waals surface area contributed by atoms with Crippen molar-refractivity contribution >= 4 is 11.9 Å². The minimum atomic E-state index is -1.65. The smallest absolute Gasteiger partial charge is 0.543 e. The Morgan fingerprint density at radius 2 is 1.69 bits per heavy atom. The maximum Gasteiger partial charge on any atom is 1.00 e. The van der Waals surface area contributed by atoms with Gasteiger partial charge in [-0.15, -0.1) is 0 Å². The van der Waals surface area contributed by atoms with Gasteiger partial charge in [0.05, 0.1) is 5.97 Å². The molecule has 0 amide bonds. The molecule has 0 aliphatic heterocycles. The van der Waals surface area contributed by atoms with E-state index in [0.717, 1.165) is 12.4 Å². The molecular weight excluding hydrogens is 203 g/mol. The number of carbonyl (C=O) groups excluding carboxylic acids is 1. The van der Waals surface area contributed by atoms with Crippen LogP contribution in [0.4, 0.5) is 0 Å². The molecule has 0 aromatic carbocycles. The quantitative estimate of drug-likeness (QED) is 0.489. The molecule has 0 unspecified atom stereocenters. The first-order valence-electron chi connectivity index (χ1n) is 2.88. The van der Waals surface area contributed by atoms with Crippen LogP contribution in [0.2, 0.25) is 0 Å². The SMILES string of the molecule is O=C([O-])c1nccnc1C(=O)O.[K+]. The fraction of sp³-hybridized carbons (Fsp3) is 0. The summed E-state index contributed by atoms with van der Waals surface area (Å²) in [5.41, 5.74) is -1.28. The maximum atomic E-state index is 10.3. The van der Waals surface area contributed by atoms with E-state index in [1.807, 2.05) is 0 Å². The third-order valence-corrected chi connectivity index (χ3v) is 1.09. The summed E-state index contributed by atoms with van der Waals surface area (Å²) in [4.78, 5) is 27.2. The molecule has 1 aromatic heterocycles. The van der Waals surface area contributed by atoms with Crippen molar-refractivity contribution in [2.75, 3.05) is 0 Å². The van der Waals surface area contributed by atoms with Crippen LogP contribution in [-0.4, -0.2) is 27.0 Å². The molecule has 1 rings (SSSR count). The van der Waals surface area contributed by atoms with Gasteiger partial charge in [0.15, 0.2) is 5.69 Å². The molecule has 13 heavy (non-hydrogen) atoms. The van der Waals surface area contributed by atoms with Gasteiger partial charge in [0.25, 0.3) is 0 Å². The summed E-state index contributed by atoms with van der Waals surface area (Å²) in [6, 6.07) is 0. The Kier molecular flexibility index (Phi) is 5.26. The molecule has 0 fully saturated rings. The van der Waals surface area contributed by atoms with Gasteiger partial charge in [-0.25, -0.2) is 9.78 Å². The molecule has 1 heterocycles. The molecule has 0 aliphatic rings. The average Bonchev–Trinajstić information content (AvgIpc) is 2.04. The first kappa shape index (κ1) is 12.7. The standard InChI is InChI=1S/C6H4N2O4.K/c9-5(10)3-4(6(11)12)8-2-1-7-3;/h1-2H,(H,9,10)(H,11,12);/q;+1/p-1. The van der Waals surface area contributed by atoms with E-state index in [1.54, 1.807) is 0 Å². The molecule has 6 nitrogen and oxygen atoms in total. The van der Waals surface area contributed by atoms with Crippen LogP contribution in [-0.2, 0) is 0 Å². The Labute approximate surface area is 115 Å². The van der Waals surface area contributed by atoms with E-state index < -0.39 is 23.3 Å². The summed E-state index contributed by atoms with van der Waals surface area (Å²) in [6.45, 7) is 0. The number of hydrogen-bond donors (Lipinski definition) is 1.